The molecule has 23 heavy (non-hydrogen) atoms. The SMILES string of the molecule is N[C@@H](Cc1ccccc1-c1cnc(-c2ccccc2)s1)C(=O)O. The second kappa shape index (κ2) is 6.73. The molecule has 0 bridgehead atoms. The van der Waals surface area contributed by atoms with Gasteiger partial charge in [-0.25, -0.2) is 4.98 Å². The Labute approximate surface area is 138 Å². The predicted octanol–water partition coefficient (Wildman–Crippen LogP) is 3.43. The molecule has 4 nitrogen and oxygen atoms in total. The van der Waals surface area contributed by atoms with E-state index in [0.717, 1.165) is 26.6 Å². The van der Waals surface area contributed by atoms with E-state index in [4.69, 9.17) is 10.8 Å². The Morgan fingerprint density at radius 3 is 2.57 bits per heavy atom. The number of rotatable bonds is 5. The van der Waals surface area contributed by atoms with Crippen molar-refractivity contribution < 1.29 is 9.90 Å². The number of carboxylic acid groups (broad SMARTS) is 1. The second-order valence-electron chi connectivity index (χ2n) is 5.20. The monoisotopic (exact) mass is 324 g/mol. The van der Waals surface area contributed by atoms with Crippen molar-refractivity contribution in [3.63, 3.8) is 0 Å². The maximum Gasteiger partial charge on any atom is 0.320 e. The van der Waals surface area contributed by atoms with Gasteiger partial charge in [-0.2, -0.15) is 0 Å². The molecule has 5 heteroatoms. The number of thiazole rings is 1. The molecule has 1 aromatic heterocycles. The number of nitrogens with zero attached hydrogens (tertiary/aromatic N) is 1. The zero-order valence-corrected chi connectivity index (χ0v) is 13.2. The topological polar surface area (TPSA) is 76.2 Å². The van der Waals surface area contributed by atoms with Gasteiger partial charge < -0.3 is 10.8 Å². The average molecular weight is 324 g/mol. The Balaban J connectivity index is 1.94. The van der Waals surface area contributed by atoms with E-state index in [1.165, 1.54) is 0 Å². The molecule has 0 aliphatic carbocycles. The number of benzene rings is 2. The van der Waals surface area contributed by atoms with Crippen molar-refractivity contribution in [2.24, 2.45) is 5.73 Å². The molecule has 3 rings (SSSR count). The van der Waals surface area contributed by atoms with Crippen LogP contribution < -0.4 is 5.73 Å². The minimum Gasteiger partial charge on any atom is -0.480 e. The van der Waals surface area contributed by atoms with Crippen LogP contribution in [0.4, 0.5) is 0 Å². The van der Waals surface area contributed by atoms with Crippen LogP contribution in [0.1, 0.15) is 5.56 Å². The van der Waals surface area contributed by atoms with E-state index in [2.05, 4.69) is 4.98 Å². The molecule has 1 heterocycles. The summed E-state index contributed by atoms with van der Waals surface area (Å²) in [7, 11) is 0. The fourth-order valence-corrected chi connectivity index (χ4v) is 3.36. The number of aliphatic carboxylic acids is 1. The molecule has 0 radical (unpaired) electrons. The third-order valence-electron chi connectivity index (χ3n) is 3.57. The zero-order valence-electron chi connectivity index (χ0n) is 12.3. The van der Waals surface area contributed by atoms with E-state index < -0.39 is 12.0 Å². The van der Waals surface area contributed by atoms with Crippen LogP contribution in [-0.4, -0.2) is 22.1 Å². The van der Waals surface area contributed by atoms with Crippen LogP contribution in [0, 0.1) is 0 Å². The van der Waals surface area contributed by atoms with Crippen molar-refractivity contribution in [3.8, 4) is 21.0 Å². The number of hydrogen-bond acceptors (Lipinski definition) is 4. The number of aromatic nitrogens is 1. The Morgan fingerprint density at radius 1 is 1.13 bits per heavy atom. The second-order valence-corrected chi connectivity index (χ2v) is 6.23. The standard InChI is InChI=1S/C18H16N2O2S/c19-15(18(21)22)10-13-8-4-5-9-14(13)16-11-20-17(23-16)12-6-2-1-3-7-12/h1-9,11,15H,10,19H2,(H,21,22)/t15-/m0/s1. The Morgan fingerprint density at radius 2 is 1.83 bits per heavy atom. The lowest BCUT2D eigenvalue weighted by atomic mass is 10.00. The molecule has 116 valence electrons. The molecular weight excluding hydrogens is 308 g/mol. The molecule has 1 atom stereocenters. The number of nitrogens with two attached hydrogens (primary N) is 1. The van der Waals surface area contributed by atoms with Crippen LogP contribution in [0.3, 0.4) is 0 Å². The van der Waals surface area contributed by atoms with Gasteiger partial charge >= 0.3 is 5.97 Å². The molecule has 0 unspecified atom stereocenters. The fourth-order valence-electron chi connectivity index (χ4n) is 2.38. The molecular formula is C18H16N2O2S. The summed E-state index contributed by atoms with van der Waals surface area (Å²) in [5, 5.41) is 9.97. The Bertz CT molecular complexity index is 815. The van der Waals surface area contributed by atoms with Gasteiger partial charge in [0.2, 0.25) is 0 Å². The first kappa shape index (κ1) is 15.4. The molecule has 2 aromatic carbocycles. The molecule has 3 aromatic rings. The van der Waals surface area contributed by atoms with E-state index in [9.17, 15) is 4.79 Å². The van der Waals surface area contributed by atoms with Gasteiger partial charge in [-0.1, -0.05) is 54.6 Å². The van der Waals surface area contributed by atoms with Gasteiger partial charge in [-0.3, -0.25) is 4.79 Å². The highest BCUT2D eigenvalue weighted by Gasteiger charge is 2.16. The van der Waals surface area contributed by atoms with Gasteiger partial charge in [-0.05, 0) is 17.5 Å². The van der Waals surface area contributed by atoms with Crippen LogP contribution in [0.25, 0.3) is 21.0 Å². The van der Waals surface area contributed by atoms with Crippen LogP contribution in [0.2, 0.25) is 0 Å². The molecule has 0 aliphatic heterocycles. The number of carbonyl (C=O) groups is 1. The molecule has 0 spiro atoms. The maximum absolute atomic E-state index is 11.0. The Hall–Kier alpha value is -2.50. The minimum absolute atomic E-state index is 0.296. The molecule has 0 fully saturated rings. The van der Waals surface area contributed by atoms with Gasteiger partial charge in [-0.15, -0.1) is 11.3 Å². The van der Waals surface area contributed by atoms with E-state index in [1.807, 2.05) is 60.8 Å². The third kappa shape index (κ3) is 3.47. The smallest absolute Gasteiger partial charge is 0.320 e. The predicted molar refractivity (Wildman–Crippen MR) is 92.3 cm³/mol. The van der Waals surface area contributed by atoms with Gasteiger partial charge in [0.1, 0.15) is 11.0 Å². The molecule has 0 saturated carbocycles. The summed E-state index contributed by atoms with van der Waals surface area (Å²) in [6.45, 7) is 0. The first-order valence-electron chi connectivity index (χ1n) is 7.23. The van der Waals surface area contributed by atoms with Gasteiger partial charge in [0.25, 0.3) is 0 Å². The van der Waals surface area contributed by atoms with Gasteiger partial charge in [0.15, 0.2) is 0 Å². The van der Waals surface area contributed by atoms with E-state index in [0.29, 0.717) is 6.42 Å². The summed E-state index contributed by atoms with van der Waals surface area (Å²) in [6, 6.07) is 16.8. The van der Waals surface area contributed by atoms with Crippen molar-refractivity contribution in [1.82, 2.24) is 4.98 Å². The van der Waals surface area contributed by atoms with Crippen molar-refractivity contribution in [2.45, 2.75) is 12.5 Å². The largest absolute Gasteiger partial charge is 0.480 e. The summed E-state index contributed by atoms with van der Waals surface area (Å²) in [5.74, 6) is -0.992. The summed E-state index contributed by atoms with van der Waals surface area (Å²) < 4.78 is 0. The van der Waals surface area contributed by atoms with Crippen LogP contribution in [0.5, 0.6) is 0 Å². The normalized spacial score (nSPS) is 12.0. The first-order valence-corrected chi connectivity index (χ1v) is 8.04. The van der Waals surface area contributed by atoms with Crippen LogP contribution in [-0.2, 0) is 11.2 Å². The van der Waals surface area contributed by atoms with Crippen molar-refractivity contribution in [1.29, 1.82) is 0 Å². The van der Waals surface area contributed by atoms with E-state index in [1.54, 1.807) is 11.3 Å². The summed E-state index contributed by atoms with van der Waals surface area (Å²) in [6.07, 6.45) is 2.13. The first-order chi connectivity index (χ1) is 11.1. The lowest BCUT2D eigenvalue weighted by Crippen LogP contribution is -2.32. The van der Waals surface area contributed by atoms with Crippen LogP contribution in [0.15, 0.2) is 60.8 Å². The highest BCUT2D eigenvalue weighted by atomic mass is 32.1. The highest BCUT2D eigenvalue weighted by molar-refractivity contribution is 7.18. The van der Waals surface area contributed by atoms with Crippen molar-refractivity contribution in [2.75, 3.05) is 0 Å². The molecule has 3 N–H and O–H groups in total. The van der Waals surface area contributed by atoms with E-state index >= 15 is 0 Å². The van der Waals surface area contributed by atoms with E-state index in [-0.39, 0.29) is 0 Å². The van der Waals surface area contributed by atoms with Crippen LogP contribution >= 0.6 is 11.3 Å². The van der Waals surface area contributed by atoms with Crippen molar-refractivity contribution in [3.05, 3.63) is 66.4 Å². The van der Waals surface area contributed by atoms with Crippen molar-refractivity contribution >= 4 is 17.3 Å². The fraction of sp³-hybridized carbons (Fsp3) is 0.111. The summed E-state index contributed by atoms with van der Waals surface area (Å²) >= 11 is 1.59. The maximum atomic E-state index is 11.0. The third-order valence-corrected chi connectivity index (χ3v) is 4.65. The summed E-state index contributed by atoms with van der Waals surface area (Å²) in [4.78, 5) is 16.5. The molecule has 0 aliphatic rings. The average Bonchev–Trinajstić information content (AvgIpc) is 3.06. The minimum atomic E-state index is -0.992. The Kier molecular flexibility index (Phi) is 4.50. The summed E-state index contributed by atoms with van der Waals surface area (Å²) in [5.41, 5.74) is 8.66. The number of carboxylic acids is 1. The molecule has 0 amide bonds. The highest BCUT2D eigenvalue weighted by Crippen LogP contribution is 2.34. The molecule has 0 saturated heterocycles. The quantitative estimate of drug-likeness (QED) is 0.754. The van der Waals surface area contributed by atoms with Gasteiger partial charge in [0.05, 0.1) is 4.88 Å². The number of hydrogen-bond donors (Lipinski definition) is 2. The zero-order chi connectivity index (χ0) is 16.2. The lowest BCUT2D eigenvalue weighted by molar-refractivity contribution is -0.138. The van der Waals surface area contributed by atoms with Gasteiger partial charge in [0, 0.05) is 11.8 Å². The lowest BCUT2D eigenvalue weighted by Gasteiger charge is -2.10.